The molecule has 3 heteroatoms. The molecule has 0 aliphatic heterocycles. The number of nitrogens with one attached hydrogen (secondary N) is 2. The minimum absolute atomic E-state index is 0.898. The van der Waals surface area contributed by atoms with Crippen molar-refractivity contribution in [1.82, 2.24) is 15.3 Å². The van der Waals surface area contributed by atoms with E-state index >= 15 is 0 Å². The van der Waals surface area contributed by atoms with Crippen molar-refractivity contribution < 1.29 is 0 Å². The highest BCUT2D eigenvalue weighted by atomic mass is 14.9. The van der Waals surface area contributed by atoms with Crippen LogP contribution in [-0.4, -0.2) is 16.5 Å². The smallest absolute Gasteiger partial charge is 0.0921 e. The molecule has 0 aliphatic carbocycles. The van der Waals surface area contributed by atoms with Crippen LogP contribution in [0.4, 0.5) is 0 Å². The molecule has 0 atom stereocenters. The summed E-state index contributed by atoms with van der Waals surface area (Å²) in [6.45, 7) is 1.85. The molecule has 1 aromatic heterocycles. The molecular formula is C16H17N3. The Bertz CT molecular complexity index is 639. The van der Waals surface area contributed by atoms with Crippen LogP contribution in [-0.2, 0) is 13.0 Å². The second-order valence-corrected chi connectivity index (χ2v) is 4.64. The van der Waals surface area contributed by atoms with Gasteiger partial charge in [-0.15, -0.1) is 0 Å². The maximum Gasteiger partial charge on any atom is 0.0921 e. The number of aromatic nitrogens is 2. The van der Waals surface area contributed by atoms with Gasteiger partial charge < -0.3 is 10.3 Å². The molecule has 19 heavy (non-hydrogen) atoms. The molecule has 1 heterocycles. The second kappa shape index (κ2) is 5.67. The standard InChI is InChI=1S/C16H17N3/c1-2-7-16-13(4-1)5-3-6-14(16)10-17-9-8-15-11-18-12-19-15/h1-7,11-12,17H,8-10H2,(H,18,19). The lowest BCUT2D eigenvalue weighted by molar-refractivity contribution is 0.684. The summed E-state index contributed by atoms with van der Waals surface area (Å²) >= 11 is 0. The Morgan fingerprint density at radius 1 is 1.05 bits per heavy atom. The van der Waals surface area contributed by atoms with Crippen LogP contribution in [0.3, 0.4) is 0 Å². The Morgan fingerprint density at radius 3 is 2.84 bits per heavy atom. The first kappa shape index (κ1) is 11.9. The first-order valence-corrected chi connectivity index (χ1v) is 6.58. The molecule has 0 spiro atoms. The van der Waals surface area contributed by atoms with E-state index in [2.05, 4.69) is 57.7 Å². The van der Waals surface area contributed by atoms with Crippen LogP contribution < -0.4 is 5.32 Å². The molecule has 0 fully saturated rings. The van der Waals surface area contributed by atoms with E-state index in [1.807, 2.05) is 6.20 Å². The first-order chi connectivity index (χ1) is 9.43. The molecule has 0 amide bonds. The maximum atomic E-state index is 4.02. The topological polar surface area (TPSA) is 40.7 Å². The highest BCUT2D eigenvalue weighted by Crippen LogP contribution is 2.18. The zero-order valence-corrected chi connectivity index (χ0v) is 10.8. The molecule has 3 aromatic rings. The van der Waals surface area contributed by atoms with Gasteiger partial charge in [-0.25, -0.2) is 4.98 Å². The minimum Gasteiger partial charge on any atom is -0.348 e. The summed E-state index contributed by atoms with van der Waals surface area (Å²) in [4.78, 5) is 7.13. The van der Waals surface area contributed by atoms with Gasteiger partial charge in [-0.2, -0.15) is 0 Å². The van der Waals surface area contributed by atoms with Gasteiger partial charge in [0.15, 0.2) is 0 Å². The molecule has 0 aliphatic rings. The van der Waals surface area contributed by atoms with Gasteiger partial charge in [0.1, 0.15) is 0 Å². The van der Waals surface area contributed by atoms with E-state index in [9.17, 15) is 0 Å². The monoisotopic (exact) mass is 251 g/mol. The number of nitrogens with zero attached hydrogens (tertiary/aromatic N) is 1. The highest BCUT2D eigenvalue weighted by Gasteiger charge is 2.00. The molecule has 3 nitrogen and oxygen atoms in total. The number of aromatic amines is 1. The normalized spacial score (nSPS) is 10.9. The van der Waals surface area contributed by atoms with Gasteiger partial charge >= 0.3 is 0 Å². The van der Waals surface area contributed by atoms with Gasteiger partial charge in [0, 0.05) is 31.4 Å². The number of benzene rings is 2. The average Bonchev–Trinajstić information content (AvgIpc) is 2.97. The van der Waals surface area contributed by atoms with Crippen LogP contribution in [0.2, 0.25) is 0 Å². The third-order valence-electron chi connectivity index (χ3n) is 3.32. The van der Waals surface area contributed by atoms with Crippen LogP contribution in [0.5, 0.6) is 0 Å². The van der Waals surface area contributed by atoms with Crippen LogP contribution in [0.15, 0.2) is 55.0 Å². The Labute approximate surface area is 112 Å². The molecule has 0 radical (unpaired) electrons. The molecule has 0 bridgehead atoms. The first-order valence-electron chi connectivity index (χ1n) is 6.58. The van der Waals surface area contributed by atoms with Crippen molar-refractivity contribution in [3.8, 4) is 0 Å². The molecule has 2 aromatic carbocycles. The van der Waals surface area contributed by atoms with Crippen molar-refractivity contribution in [2.45, 2.75) is 13.0 Å². The molecule has 3 rings (SSSR count). The lowest BCUT2D eigenvalue weighted by Gasteiger charge is -2.07. The van der Waals surface area contributed by atoms with Crippen LogP contribution in [0.1, 0.15) is 11.3 Å². The molecule has 2 N–H and O–H groups in total. The number of H-pyrrole nitrogens is 1. The molecule has 96 valence electrons. The van der Waals surface area contributed by atoms with E-state index in [4.69, 9.17) is 0 Å². The zero-order chi connectivity index (χ0) is 12.9. The van der Waals surface area contributed by atoms with Crippen LogP contribution >= 0.6 is 0 Å². The second-order valence-electron chi connectivity index (χ2n) is 4.64. The number of rotatable bonds is 5. The van der Waals surface area contributed by atoms with Gasteiger partial charge in [-0.1, -0.05) is 42.5 Å². The van der Waals surface area contributed by atoms with Gasteiger partial charge in [-0.3, -0.25) is 0 Å². The largest absolute Gasteiger partial charge is 0.348 e. The summed E-state index contributed by atoms with van der Waals surface area (Å²) in [7, 11) is 0. The van der Waals surface area contributed by atoms with E-state index in [-0.39, 0.29) is 0 Å². The van der Waals surface area contributed by atoms with Crippen LogP contribution in [0.25, 0.3) is 10.8 Å². The Balaban J connectivity index is 1.62. The lowest BCUT2D eigenvalue weighted by Crippen LogP contribution is -2.16. The van der Waals surface area contributed by atoms with Gasteiger partial charge in [0.25, 0.3) is 0 Å². The van der Waals surface area contributed by atoms with E-state index in [0.29, 0.717) is 0 Å². The maximum absolute atomic E-state index is 4.02. The quantitative estimate of drug-likeness (QED) is 0.685. The SMILES string of the molecule is c1ccc2c(CNCCc3cnc[nH]3)cccc2c1. The third kappa shape index (κ3) is 2.83. The fraction of sp³-hybridized carbons (Fsp3) is 0.188. The summed E-state index contributed by atoms with van der Waals surface area (Å²) in [5.74, 6) is 0. The van der Waals surface area contributed by atoms with Crippen molar-refractivity contribution in [3.63, 3.8) is 0 Å². The molecule has 0 saturated carbocycles. The lowest BCUT2D eigenvalue weighted by atomic mass is 10.0. The molecule has 0 saturated heterocycles. The number of fused-ring (bicyclic) bond motifs is 1. The van der Waals surface area contributed by atoms with Crippen LogP contribution in [0, 0.1) is 0 Å². The van der Waals surface area contributed by atoms with Crippen molar-refractivity contribution in [2.24, 2.45) is 0 Å². The highest BCUT2D eigenvalue weighted by molar-refractivity contribution is 5.85. The summed E-state index contributed by atoms with van der Waals surface area (Å²) in [6, 6.07) is 15.0. The average molecular weight is 251 g/mol. The number of hydrogen-bond acceptors (Lipinski definition) is 2. The zero-order valence-electron chi connectivity index (χ0n) is 10.8. The predicted molar refractivity (Wildman–Crippen MR) is 77.9 cm³/mol. The predicted octanol–water partition coefficient (Wildman–Crippen LogP) is 2.90. The van der Waals surface area contributed by atoms with E-state index in [1.165, 1.54) is 22.0 Å². The van der Waals surface area contributed by atoms with Gasteiger partial charge in [0.05, 0.1) is 6.33 Å². The van der Waals surface area contributed by atoms with Crippen molar-refractivity contribution >= 4 is 10.8 Å². The summed E-state index contributed by atoms with van der Waals surface area (Å²) in [5.41, 5.74) is 2.52. The fourth-order valence-electron chi connectivity index (χ4n) is 2.31. The Hall–Kier alpha value is -2.13. The summed E-state index contributed by atoms with van der Waals surface area (Å²) in [6.07, 6.45) is 4.57. The van der Waals surface area contributed by atoms with Crippen molar-refractivity contribution in [1.29, 1.82) is 0 Å². The number of hydrogen-bond donors (Lipinski definition) is 2. The van der Waals surface area contributed by atoms with E-state index in [1.54, 1.807) is 6.33 Å². The molecule has 0 unspecified atom stereocenters. The van der Waals surface area contributed by atoms with Crippen molar-refractivity contribution in [3.05, 3.63) is 66.2 Å². The van der Waals surface area contributed by atoms with Crippen molar-refractivity contribution in [2.75, 3.05) is 6.54 Å². The van der Waals surface area contributed by atoms with Gasteiger partial charge in [-0.05, 0) is 16.3 Å². The summed E-state index contributed by atoms with van der Waals surface area (Å²) in [5, 5.41) is 6.12. The Morgan fingerprint density at radius 2 is 1.95 bits per heavy atom. The summed E-state index contributed by atoms with van der Waals surface area (Å²) < 4.78 is 0. The molecular weight excluding hydrogens is 234 g/mol. The fourth-order valence-corrected chi connectivity index (χ4v) is 2.31. The Kier molecular flexibility index (Phi) is 3.56. The van der Waals surface area contributed by atoms with E-state index < -0.39 is 0 Å². The van der Waals surface area contributed by atoms with E-state index in [0.717, 1.165) is 19.5 Å². The minimum atomic E-state index is 0.898. The van der Waals surface area contributed by atoms with Gasteiger partial charge in [0.2, 0.25) is 0 Å². The third-order valence-corrected chi connectivity index (χ3v) is 3.32. The number of imidazole rings is 1.